The molecule has 1 heterocycles. The normalized spacial score (nSPS) is 11.3. The number of fused-ring (bicyclic) bond motifs is 5. The van der Waals surface area contributed by atoms with Gasteiger partial charge in [0.05, 0.1) is 0 Å². The number of hydrogen-bond acceptors (Lipinski definition) is 2. The van der Waals surface area contributed by atoms with E-state index >= 15 is 0 Å². The molecule has 0 amide bonds. The van der Waals surface area contributed by atoms with E-state index in [-0.39, 0.29) is 0 Å². The summed E-state index contributed by atoms with van der Waals surface area (Å²) in [6.07, 6.45) is 0. The van der Waals surface area contributed by atoms with Crippen molar-refractivity contribution in [3.63, 3.8) is 0 Å². The van der Waals surface area contributed by atoms with E-state index in [4.69, 9.17) is 4.42 Å². The van der Waals surface area contributed by atoms with Gasteiger partial charge in [-0.05, 0) is 104 Å². The summed E-state index contributed by atoms with van der Waals surface area (Å²) in [6.45, 7) is 0. The van der Waals surface area contributed by atoms with Crippen molar-refractivity contribution >= 4 is 49.8 Å². The first-order valence-electron chi connectivity index (χ1n) is 20.5. The minimum absolute atomic E-state index is 0.895. The summed E-state index contributed by atoms with van der Waals surface area (Å²) < 4.78 is 7.06. The van der Waals surface area contributed by atoms with Crippen LogP contribution in [0.5, 0.6) is 0 Å². The first kappa shape index (κ1) is 35.2. The Hall–Kier alpha value is -7.94. The van der Waals surface area contributed by atoms with Gasteiger partial charge in [0.15, 0.2) is 0 Å². The van der Waals surface area contributed by atoms with Crippen molar-refractivity contribution in [3.8, 4) is 55.6 Å². The molecular formula is C58H39NO. The van der Waals surface area contributed by atoms with Gasteiger partial charge in [0.25, 0.3) is 0 Å². The number of furan rings is 1. The molecule has 0 spiro atoms. The summed E-state index contributed by atoms with van der Waals surface area (Å²) in [7, 11) is 0. The first-order chi connectivity index (χ1) is 29.8. The van der Waals surface area contributed by atoms with Gasteiger partial charge in [-0.2, -0.15) is 0 Å². The largest absolute Gasteiger partial charge is 0.455 e. The van der Waals surface area contributed by atoms with Crippen molar-refractivity contribution in [1.29, 1.82) is 0 Å². The Morgan fingerprint density at radius 3 is 1.15 bits per heavy atom. The quantitative estimate of drug-likeness (QED) is 0.153. The van der Waals surface area contributed by atoms with Crippen LogP contribution < -0.4 is 4.90 Å². The maximum absolute atomic E-state index is 7.06. The van der Waals surface area contributed by atoms with Gasteiger partial charge in [0.2, 0.25) is 0 Å². The Bertz CT molecular complexity index is 3160. The van der Waals surface area contributed by atoms with Crippen LogP contribution in [0.1, 0.15) is 0 Å². The molecule has 60 heavy (non-hydrogen) atoms. The molecule has 0 bridgehead atoms. The summed E-state index contributed by atoms with van der Waals surface area (Å²) in [4.78, 5) is 2.34. The van der Waals surface area contributed by atoms with Gasteiger partial charge in [0, 0.05) is 38.8 Å². The van der Waals surface area contributed by atoms with E-state index in [0.29, 0.717) is 0 Å². The molecule has 11 rings (SSSR count). The van der Waals surface area contributed by atoms with Crippen LogP contribution in [0.2, 0.25) is 0 Å². The second-order valence-corrected chi connectivity index (χ2v) is 15.3. The number of hydrogen-bond donors (Lipinski definition) is 0. The number of anilines is 3. The van der Waals surface area contributed by atoms with Crippen LogP contribution in [0.3, 0.4) is 0 Å². The first-order valence-corrected chi connectivity index (χ1v) is 20.5. The van der Waals surface area contributed by atoms with Gasteiger partial charge in [-0.3, -0.25) is 0 Å². The minimum atomic E-state index is 0.895. The Morgan fingerprint density at radius 2 is 0.633 bits per heavy atom. The maximum atomic E-state index is 7.06. The fourth-order valence-corrected chi connectivity index (χ4v) is 8.75. The smallest absolute Gasteiger partial charge is 0.143 e. The highest BCUT2D eigenvalue weighted by Crippen LogP contribution is 2.46. The molecule has 0 atom stereocenters. The summed E-state index contributed by atoms with van der Waals surface area (Å²) in [5.41, 5.74) is 16.7. The molecular weight excluding hydrogens is 727 g/mol. The lowest BCUT2D eigenvalue weighted by atomic mass is 9.91. The molecule has 0 aliphatic heterocycles. The van der Waals surface area contributed by atoms with Crippen LogP contribution >= 0.6 is 0 Å². The molecule has 0 N–H and O–H groups in total. The number of benzene rings is 10. The zero-order valence-electron chi connectivity index (χ0n) is 32.9. The molecule has 282 valence electrons. The third-order valence-electron chi connectivity index (χ3n) is 11.7. The Labute approximate surface area is 349 Å². The summed E-state index contributed by atoms with van der Waals surface area (Å²) in [6, 6.07) is 84.6. The van der Waals surface area contributed by atoms with Crippen LogP contribution in [0.4, 0.5) is 17.1 Å². The molecule has 0 saturated carbocycles. The maximum Gasteiger partial charge on any atom is 0.143 e. The lowest BCUT2D eigenvalue weighted by molar-refractivity contribution is 0.674. The number of nitrogens with zero attached hydrogens (tertiary/aromatic N) is 1. The van der Waals surface area contributed by atoms with E-state index in [9.17, 15) is 0 Å². The fraction of sp³-hybridized carbons (Fsp3) is 0. The molecule has 0 aliphatic rings. The summed E-state index contributed by atoms with van der Waals surface area (Å²) in [5.74, 6) is 0. The molecule has 1 aromatic heterocycles. The van der Waals surface area contributed by atoms with Crippen molar-refractivity contribution in [2.24, 2.45) is 0 Å². The second kappa shape index (κ2) is 15.1. The lowest BCUT2D eigenvalue weighted by Gasteiger charge is -2.26. The highest BCUT2D eigenvalue weighted by Gasteiger charge is 2.21. The van der Waals surface area contributed by atoms with E-state index in [1.165, 1.54) is 38.8 Å². The molecule has 0 unspecified atom stereocenters. The third kappa shape index (κ3) is 6.32. The van der Waals surface area contributed by atoms with Gasteiger partial charge in [-0.25, -0.2) is 0 Å². The van der Waals surface area contributed by atoms with Crippen LogP contribution in [0.15, 0.2) is 241 Å². The van der Waals surface area contributed by atoms with Crippen LogP contribution in [0, 0.1) is 0 Å². The average Bonchev–Trinajstić information content (AvgIpc) is 3.72. The van der Waals surface area contributed by atoms with Crippen LogP contribution in [0.25, 0.3) is 88.3 Å². The van der Waals surface area contributed by atoms with E-state index in [0.717, 1.165) is 66.6 Å². The Kier molecular flexibility index (Phi) is 8.87. The monoisotopic (exact) mass is 765 g/mol. The average molecular weight is 766 g/mol. The van der Waals surface area contributed by atoms with Gasteiger partial charge in [-0.15, -0.1) is 0 Å². The van der Waals surface area contributed by atoms with Gasteiger partial charge >= 0.3 is 0 Å². The lowest BCUT2D eigenvalue weighted by Crippen LogP contribution is -2.09. The van der Waals surface area contributed by atoms with Crippen molar-refractivity contribution in [3.05, 3.63) is 237 Å². The van der Waals surface area contributed by atoms with E-state index in [2.05, 4.69) is 241 Å². The number of rotatable bonds is 8. The van der Waals surface area contributed by atoms with Crippen molar-refractivity contribution in [1.82, 2.24) is 0 Å². The summed E-state index contributed by atoms with van der Waals surface area (Å²) in [5, 5.41) is 4.52. The molecule has 0 fully saturated rings. The van der Waals surface area contributed by atoms with E-state index < -0.39 is 0 Å². The van der Waals surface area contributed by atoms with Crippen molar-refractivity contribution < 1.29 is 4.42 Å². The fourth-order valence-electron chi connectivity index (χ4n) is 8.75. The highest BCUT2D eigenvalue weighted by atomic mass is 16.3. The second-order valence-electron chi connectivity index (χ2n) is 15.3. The predicted octanol–water partition coefficient (Wildman–Crippen LogP) is 16.5. The Balaban J connectivity index is 1.05. The summed E-state index contributed by atoms with van der Waals surface area (Å²) >= 11 is 0. The SMILES string of the molecule is c1ccc(-c2ccc(N(c3ccc(-c4ccccc4)cc3)c3ccc(-c4ccc5c(oc6c7ccccc7c(-c7ccccc7)cc56)c4-c4ccccc4)cc3)cc2)cc1. The van der Waals surface area contributed by atoms with Crippen LogP contribution in [-0.4, -0.2) is 0 Å². The molecule has 2 nitrogen and oxygen atoms in total. The third-order valence-corrected chi connectivity index (χ3v) is 11.7. The molecule has 0 saturated heterocycles. The molecule has 11 aromatic rings. The zero-order valence-corrected chi connectivity index (χ0v) is 32.9. The van der Waals surface area contributed by atoms with E-state index in [1.807, 2.05) is 0 Å². The van der Waals surface area contributed by atoms with Gasteiger partial charge in [-0.1, -0.05) is 188 Å². The minimum Gasteiger partial charge on any atom is -0.455 e. The zero-order chi connectivity index (χ0) is 39.8. The molecule has 0 radical (unpaired) electrons. The topological polar surface area (TPSA) is 16.4 Å². The standard InChI is InChI=1S/C58H39NO/c1-5-15-40(16-6-1)42-25-31-47(32-26-42)59(48-33-27-43(28-34-48)41-17-7-2-8-18-41)49-35-29-45(30-36-49)50-37-38-53-55-39-54(44-19-9-3-10-20-44)51-23-13-14-24-52(51)57(55)60-58(53)56(50)46-21-11-4-12-22-46/h1-39H. The van der Waals surface area contributed by atoms with Gasteiger partial charge in [0.1, 0.15) is 11.2 Å². The van der Waals surface area contributed by atoms with Crippen molar-refractivity contribution in [2.45, 2.75) is 0 Å². The molecule has 10 aromatic carbocycles. The highest BCUT2D eigenvalue weighted by molar-refractivity contribution is 6.21. The molecule has 2 heteroatoms. The predicted molar refractivity (Wildman–Crippen MR) is 253 cm³/mol. The Morgan fingerprint density at radius 1 is 0.250 bits per heavy atom. The van der Waals surface area contributed by atoms with E-state index in [1.54, 1.807) is 0 Å². The van der Waals surface area contributed by atoms with Crippen molar-refractivity contribution in [2.75, 3.05) is 4.90 Å². The van der Waals surface area contributed by atoms with Gasteiger partial charge < -0.3 is 9.32 Å². The molecule has 0 aliphatic carbocycles. The van der Waals surface area contributed by atoms with Crippen LogP contribution in [-0.2, 0) is 0 Å².